The average molecular weight is 991 g/mol. The van der Waals surface area contributed by atoms with Crippen molar-refractivity contribution in [2.24, 2.45) is 53.3 Å². The Morgan fingerprint density at radius 1 is 0.466 bits per heavy atom. The van der Waals surface area contributed by atoms with E-state index in [-0.39, 0.29) is 5.56 Å². The van der Waals surface area contributed by atoms with E-state index in [0.717, 1.165) is 89.8 Å². The maximum atomic E-state index is 13.5. The van der Waals surface area contributed by atoms with Gasteiger partial charge < -0.3 is 20.4 Å². The molecule has 0 spiro atoms. The van der Waals surface area contributed by atoms with E-state index in [2.05, 4.69) is 106 Å². The third-order valence-corrected chi connectivity index (χ3v) is 20.9. The molecule has 4 aromatic carbocycles. The number of benzene rings is 4. The van der Waals surface area contributed by atoms with Gasteiger partial charge >= 0.3 is 0 Å². The Labute approximate surface area is 438 Å². The zero-order chi connectivity index (χ0) is 49.0. The molecule has 12 fully saturated rings. The molecule has 0 amide bonds. The topological polar surface area (TPSA) is 73.0 Å². The molecule has 12 aliphatic carbocycles. The lowest BCUT2D eigenvalue weighted by atomic mass is 9.53. The van der Waals surface area contributed by atoms with Crippen LogP contribution in [0.1, 0.15) is 138 Å². The van der Waals surface area contributed by atoms with E-state index in [1.165, 1.54) is 154 Å². The second-order valence-corrected chi connectivity index (χ2v) is 26.5. The summed E-state index contributed by atoms with van der Waals surface area (Å²) < 4.78 is 19.1. The van der Waals surface area contributed by atoms with E-state index in [1.54, 1.807) is 18.4 Å². The second kappa shape index (κ2) is 20.0. The Balaban J connectivity index is 0.000000106. The zero-order valence-corrected chi connectivity index (χ0v) is 43.6. The van der Waals surface area contributed by atoms with Crippen molar-refractivity contribution in [3.05, 3.63) is 155 Å². The first-order valence-corrected chi connectivity index (χ1v) is 29.4. The predicted octanol–water partition coefficient (Wildman–Crippen LogP) is 15.9. The number of furan rings is 1. The minimum Gasteiger partial charge on any atom is -0.464 e. The summed E-state index contributed by atoms with van der Waals surface area (Å²) in [6.07, 6.45) is 27.9. The fourth-order valence-corrected chi connectivity index (χ4v) is 18.7. The highest BCUT2D eigenvalue weighted by atomic mass is 32.1. The van der Waals surface area contributed by atoms with Gasteiger partial charge in [-0.15, -0.1) is 11.3 Å². The molecule has 6 aromatic rings. The van der Waals surface area contributed by atoms with Crippen LogP contribution in [-0.4, -0.2) is 16.6 Å². The number of thiophene rings is 1. The van der Waals surface area contributed by atoms with Gasteiger partial charge in [-0.3, -0.25) is 0 Å². The van der Waals surface area contributed by atoms with Crippen molar-refractivity contribution in [3.63, 3.8) is 0 Å². The van der Waals surface area contributed by atoms with E-state index in [1.807, 2.05) is 29.5 Å². The van der Waals surface area contributed by atoms with Gasteiger partial charge in [-0.05, 0) is 244 Å². The highest BCUT2D eigenvalue weighted by molar-refractivity contribution is 7.13. The van der Waals surface area contributed by atoms with Gasteiger partial charge in [-0.25, -0.2) is 4.39 Å². The molecule has 7 heteroatoms. The van der Waals surface area contributed by atoms with Crippen LogP contribution in [0.15, 0.2) is 131 Å². The Bertz CT molecular complexity index is 2770. The van der Waals surface area contributed by atoms with Crippen LogP contribution in [-0.2, 0) is 19.6 Å². The van der Waals surface area contributed by atoms with Crippen LogP contribution in [0.5, 0.6) is 0 Å². The van der Waals surface area contributed by atoms with Crippen LogP contribution in [0.2, 0.25) is 0 Å². The highest BCUT2D eigenvalue weighted by Crippen LogP contribution is 2.58. The summed E-state index contributed by atoms with van der Waals surface area (Å²) in [5, 5.41) is 23.1. The largest absolute Gasteiger partial charge is 0.464 e. The highest BCUT2D eigenvalue weighted by Gasteiger charge is 2.53. The van der Waals surface area contributed by atoms with Crippen molar-refractivity contribution in [1.29, 1.82) is 5.26 Å². The third kappa shape index (κ3) is 10.5. The molecule has 378 valence electrons. The molecule has 0 unspecified atom stereocenters. The van der Waals surface area contributed by atoms with Crippen LogP contribution < -0.4 is 16.0 Å². The molecule has 12 saturated carbocycles. The third-order valence-electron chi connectivity index (χ3n) is 20.0. The molecule has 2 heterocycles. The molecule has 12 bridgehead atoms. The SMILES string of the molecule is N#Cc1cc(-c2ccc(CNC34CC5CC(CC(C5)C3)C4)cc2)ccc1F.c1cc(CNC23CC4CC(CC(C4)C2)C3)cc(-c2ccco2)c1.c1csc(-c2ccc(CNC34CC5CC(CC(C5)C3)C4)cc2)c1. The van der Waals surface area contributed by atoms with Crippen molar-refractivity contribution < 1.29 is 8.81 Å². The van der Waals surface area contributed by atoms with E-state index in [0.29, 0.717) is 16.6 Å². The van der Waals surface area contributed by atoms with Crippen LogP contribution >= 0.6 is 11.3 Å². The van der Waals surface area contributed by atoms with Crippen molar-refractivity contribution in [2.45, 2.75) is 152 Å². The molecular formula is C66H75FN4OS. The Hall–Kier alpha value is -4.84. The second-order valence-electron chi connectivity index (χ2n) is 25.5. The molecular weight excluding hydrogens is 916 g/mol. The standard InChI is InChI=1S/C24H25FN2.C21H25NO.C21H25NS/c25-23-6-5-21(10-22(23)14-26)20-3-1-16(2-4-20)15-27-24-11-17-7-18(12-24)9-19(8-17)13-24;1-3-15(10-19(4-1)20-5-2-6-23-20)14-22-21-11-16-7-17(12-21)9-18(8-16)13-21;1-2-20(23-7-1)19-5-3-15(4-6-19)14-22-21-11-16-8-17(12-21)10-18(9-16)13-21/h1-6,10,17-19,27H,7-9,11-13,15H2;1-6,10,16-18,22H,7-9,11-14H2;1-7,16-18,22H,8-14H2. The van der Waals surface area contributed by atoms with Gasteiger partial charge in [-0.1, -0.05) is 78.9 Å². The van der Waals surface area contributed by atoms with Crippen molar-refractivity contribution in [1.82, 2.24) is 16.0 Å². The molecule has 3 N–H and O–H groups in total. The van der Waals surface area contributed by atoms with Gasteiger partial charge in [0.25, 0.3) is 0 Å². The van der Waals surface area contributed by atoms with E-state index in [9.17, 15) is 4.39 Å². The Morgan fingerprint density at radius 3 is 1.34 bits per heavy atom. The maximum Gasteiger partial charge on any atom is 0.140 e. The van der Waals surface area contributed by atoms with Gasteiger partial charge in [-0.2, -0.15) is 5.26 Å². The number of nitrogens with one attached hydrogen (secondary N) is 3. The molecule has 0 radical (unpaired) electrons. The Morgan fingerprint density at radius 2 is 0.918 bits per heavy atom. The summed E-state index contributed by atoms with van der Waals surface area (Å²) >= 11 is 1.82. The van der Waals surface area contributed by atoms with Gasteiger partial charge in [0, 0.05) is 46.7 Å². The van der Waals surface area contributed by atoms with Crippen molar-refractivity contribution >= 4 is 11.3 Å². The lowest BCUT2D eigenvalue weighted by molar-refractivity contribution is -0.0207. The minimum absolute atomic E-state index is 0.0973. The molecule has 18 rings (SSSR count). The van der Waals surface area contributed by atoms with Crippen molar-refractivity contribution in [3.8, 4) is 39.0 Å². The summed E-state index contributed by atoms with van der Waals surface area (Å²) in [6.45, 7) is 2.94. The normalized spacial score (nSPS) is 33.5. The van der Waals surface area contributed by atoms with E-state index in [4.69, 9.17) is 9.68 Å². The molecule has 2 aromatic heterocycles. The zero-order valence-electron chi connectivity index (χ0n) is 42.8. The summed E-state index contributed by atoms with van der Waals surface area (Å²) in [5.41, 5.74) is 9.91. The van der Waals surface area contributed by atoms with E-state index >= 15 is 0 Å². The summed E-state index contributed by atoms with van der Waals surface area (Å²) in [7, 11) is 0. The predicted molar refractivity (Wildman–Crippen MR) is 294 cm³/mol. The first-order chi connectivity index (χ1) is 35.7. The van der Waals surface area contributed by atoms with Crippen LogP contribution in [0.4, 0.5) is 4.39 Å². The molecule has 0 atom stereocenters. The van der Waals surface area contributed by atoms with Crippen LogP contribution in [0.3, 0.4) is 0 Å². The number of nitrogens with zero attached hydrogens (tertiary/aromatic N) is 1. The average Bonchev–Trinajstić information content (AvgIpc) is 4.14. The Kier molecular flexibility index (Phi) is 13.1. The maximum absolute atomic E-state index is 13.5. The summed E-state index contributed by atoms with van der Waals surface area (Å²) in [6, 6.07) is 41.4. The lowest BCUT2D eigenvalue weighted by Gasteiger charge is -2.57. The fraction of sp³-hybridized carbons (Fsp3) is 0.500. The van der Waals surface area contributed by atoms with Gasteiger partial charge in [0.2, 0.25) is 0 Å². The number of nitriles is 1. The molecule has 12 aliphatic rings. The fourth-order valence-electron chi connectivity index (χ4n) is 18.0. The summed E-state index contributed by atoms with van der Waals surface area (Å²) in [5.74, 6) is 9.45. The minimum atomic E-state index is -0.461. The van der Waals surface area contributed by atoms with Gasteiger partial charge in [0.05, 0.1) is 11.8 Å². The van der Waals surface area contributed by atoms with Gasteiger partial charge in [0.15, 0.2) is 0 Å². The lowest BCUT2D eigenvalue weighted by Crippen LogP contribution is -2.58. The molecule has 73 heavy (non-hydrogen) atoms. The van der Waals surface area contributed by atoms with Crippen LogP contribution in [0, 0.1) is 70.4 Å². The number of hydrogen-bond donors (Lipinski definition) is 3. The molecule has 5 nitrogen and oxygen atoms in total. The monoisotopic (exact) mass is 991 g/mol. The van der Waals surface area contributed by atoms with Crippen molar-refractivity contribution in [2.75, 3.05) is 0 Å². The molecule has 0 saturated heterocycles. The number of rotatable bonds is 12. The smallest absolute Gasteiger partial charge is 0.140 e. The molecule has 0 aliphatic heterocycles. The first-order valence-electron chi connectivity index (χ1n) is 28.5. The first kappa shape index (κ1) is 47.8. The number of hydrogen-bond acceptors (Lipinski definition) is 6. The van der Waals surface area contributed by atoms with Gasteiger partial charge in [0.1, 0.15) is 17.6 Å². The number of halogens is 1. The van der Waals surface area contributed by atoms with E-state index < -0.39 is 5.82 Å². The quantitative estimate of drug-likeness (QED) is 0.114. The van der Waals surface area contributed by atoms with Crippen LogP contribution in [0.25, 0.3) is 32.9 Å². The summed E-state index contributed by atoms with van der Waals surface area (Å²) in [4.78, 5) is 1.37.